The van der Waals surface area contributed by atoms with Gasteiger partial charge in [-0.15, -0.1) is 0 Å². The van der Waals surface area contributed by atoms with Crippen LogP contribution in [0.1, 0.15) is 60.8 Å². The number of hydrogen-bond acceptors (Lipinski definition) is 3. The number of hydrazone groups is 1. The van der Waals surface area contributed by atoms with E-state index in [2.05, 4.69) is 59.6 Å². The summed E-state index contributed by atoms with van der Waals surface area (Å²) in [6, 6.07) is 26.0. The molecule has 31 heavy (non-hydrogen) atoms. The van der Waals surface area contributed by atoms with Crippen molar-refractivity contribution in [3.05, 3.63) is 101 Å². The Balaban J connectivity index is 1.35. The van der Waals surface area contributed by atoms with Gasteiger partial charge in [-0.25, -0.2) is 9.40 Å². The maximum atomic E-state index is 13.5. The van der Waals surface area contributed by atoms with E-state index in [9.17, 15) is 4.39 Å². The van der Waals surface area contributed by atoms with Gasteiger partial charge in [0.05, 0.1) is 11.8 Å². The molecule has 0 saturated heterocycles. The summed E-state index contributed by atoms with van der Waals surface area (Å²) in [4.78, 5) is 0. The van der Waals surface area contributed by atoms with Crippen molar-refractivity contribution in [3.8, 4) is 5.75 Å². The molecule has 2 aliphatic heterocycles. The van der Waals surface area contributed by atoms with E-state index in [4.69, 9.17) is 9.84 Å². The van der Waals surface area contributed by atoms with Crippen molar-refractivity contribution < 1.29 is 9.13 Å². The number of ether oxygens (including phenoxy) is 1. The Kier molecular flexibility index (Phi) is 4.34. The van der Waals surface area contributed by atoms with Crippen molar-refractivity contribution in [1.29, 1.82) is 0 Å². The quantitative estimate of drug-likeness (QED) is 0.485. The van der Waals surface area contributed by atoms with Crippen LogP contribution in [0.25, 0.3) is 0 Å². The fourth-order valence-corrected chi connectivity index (χ4v) is 5.50. The summed E-state index contributed by atoms with van der Waals surface area (Å²) in [6.45, 7) is 0. The van der Waals surface area contributed by atoms with E-state index in [1.807, 2.05) is 12.1 Å². The third kappa shape index (κ3) is 3.13. The van der Waals surface area contributed by atoms with Crippen LogP contribution in [0.5, 0.6) is 5.75 Å². The SMILES string of the molecule is Fc1ccc(C2=NN3C(C2)c2ccccc2OC32CCC(c3ccccc3)CC2)cc1. The van der Waals surface area contributed by atoms with Crippen LogP contribution in [-0.2, 0) is 0 Å². The molecule has 0 N–H and O–H groups in total. The molecule has 156 valence electrons. The molecule has 1 atom stereocenters. The van der Waals surface area contributed by atoms with Crippen molar-refractivity contribution in [2.45, 2.75) is 49.8 Å². The normalized spacial score (nSPS) is 26.7. The van der Waals surface area contributed by atoms with E-state index in [0.717, 1.165) is 49.1 Å². The summed E-state index contributed by atoms with van der Waals surface area (Å²) < 4.78 is 20.2. The molecule has 0 radical (unpaired) electrons. The highest BCUT2D eigenvalue weighted by Crippen LogP contribution is 2.52. The van der Waals surface area contributed by atoms with E-state index >= 15 is 0 Å². The minimum atomic E-state index is -0.411. The summed E-state index contributed by atoms with van der Waals surface area (Å²) in [6.07, 6.45) is 4.86. The molecule has 1 saturated carbocycles. The number of para-hydroxylation sites is 1. The summed E-state index contributed by atoms with van der Waals surface area (Å²) in [5.41, 5.74) is 4.20. The molecule has 0 amide bonds. The first-order valence-corrected chi connectivity index (χ1v) is 11.2. The van der Waals surface area contributed by atoms with Gasteiger partial charge in [-0.2, -0.15) is 5.10 Å². The molecule has 4 heteroatoms. The summed E-state index contributed by atoms with van der Waals surface area (Å²) in [7, 11) is 0. The van der Waals surface area contributed by atoms with Gasteiger partial charge < -0.3 is 4.74 Å². The molecule has 3 nitrogen and oxygen atoms in total. The van der Waals surface area contributed by atoms with Gasteiger partial charge in [0.1, 0.15) is 11.6 Å². The van der Waals surface area contributed by atoms with E-state index in [1.165, 1.54) is 23.3 Å². The number of nitrogens with zero attached hydrogens (tertiary/aromatic N) is 2. The molecule has 3 aliphatic rings. The van der Waals surface area contributed by atoms with Gasteiger partial charge in [-0.3, -0.25) is 0 Å². The van der Waals surface area contributed by atoms with E-state index in [0.29, 0.717) is 5.92 Å². The maximum Gasteiger partial charge on any atom is 0.198 e. The van der Waals surface area contributed by atoms with Gasteiger partial charge in [-0.1, -0.05) is 60.7 Å². The molecule has 1 fully saturated rings. The molecule has 0 bridgehead atoms. The Morgan fingerprint density at radius 2 is 1.58 bits per heavy atom. The highest BCUT2D eigenvalue weighted by atomic mass is 19.1. The predicted molar refractivity (Wildman–Crippen MR) is 120 cm³/mol. The minimum absolute atomic E-state index is 0.165. The van der Waals surface area contributed by atoms with Crippen molar-refractivity contribution >= 4 is 5.71 Å². The third-order valence-electron chi connectivity index (χ3n) is 7.12. The highest BCUT2D eigenvalue weighted by molar-refractivity contribution is 6.02. The number of hydrogen-bond donors (Lipinski definition) is 0. The fourth-order valence-electron chi connectivity index (χ4n) is 5.50. The second kappa shape index (κ2) is 7.23. The van der Waals surface area contributed by atoms with Gasteiger partial charge in [0.25, 0.3) is 0 Å². The molecule has 0 aromatic heterocycles. The standard InChI is InChI=1S/C27H25FN2O/c28-22-12-10-21(11-13-22)24-18-25-23-8-4-5-9-26(23)31-27(30(25)29-24)16-14-20(15-17-27)19-6-2-1-3-7-19/h1-13,20,25H,14-18H2. The van der Waals surface area contributed by atoms with Crippen molar-refractivity contribution in [1.82, 2.24) is 5.01 Å². The molecule has 3 aromatic rings. The van der Waals surface area contributed by atoms with Gasteiger partial charge in [-0.05, 0) is 48.1 Å². The van der Waals surface area contributed by atoms with Crippen LogP contribution in [-0.4, -0.2) is 16.4 Å². The van der Waals surface area contributed by atoms with Crippen LogP contribution in [0.4, 0.5) is 4.39 Å². The largest absolute Gasteiger partial charge is 0.466 e. The summed E-state index contributed by atoms with van der Waals surface area (Å²) >= 11 is 0. The molecular formula is C27H25FN2O. The van der Waals surface area contributed by atoms with Crippen LogP contribution in [0.3, 0.4) is 0 Å². The Morgan fingerprint density at radius 3 is 2.35 bits per heavy atom. The topological polar surface area (TPSA) is 24.8 Å². The first kappa shape index (κ1) is 18.6. The second-order valence-electron chi connectivity index (χ2n) is 8.89. The minimum Gasteiger partial charge on any atom is -0.466 e. The third-order valence-corrected chi connectivity index (χ3v) is 7.12. The van der Waals surface area contributed by atoms with Crippen LogP contribution >= 0.6 is 0 Å². The first-order chi connectivity index (χ1) is 15.2. The monoisotopic (exact) mass is 412 g/mol. The number of halogens is 1. The van der Waals surface area contributed by atoms with Gasteiger partial charge in [0.2, 0.25) is 0 Å². The first-order valence-electron chi connectivity index (χ1n) is 11.2. The van der Waals surface area contributed by atoms with E-state index in [-0.39, 0.29) is 11.9 Å². The zero-order valence-corrected chi connectivity index (χ0v) is 17.4. The summed E-state index contributed by atoms with van der Waals surface area (Å²) in [5.74, 6) is 1.33. The number of fused-ring (bicyclic) bond motifs is 4. The van der Waals surface area contributed by atoms with Crippen LogP contribution in [0.15, 0.2) is 84.0 Å². The fraction of sp³-hybridized carbons (Fsp3) is 0.296. The van der Waals surface area contributed by atoms with Crippen LogP contribution < -0.4 is 4.74 Å². The average Bonchev–Trinajstić information content (AvgIpc) is 3.28. The molecule has 6 rings (SSSR count). The Bertz CT molecular complexity index is 1120. The van der Waals surface area contributed by atoms with Crippen molar-refractivity contribution in [2.75, 3.05) is 0 Å². The Morgan fingerprint density at radius 1 is 0.871 bits per heavy atom. The lowest BCUT2D eigenvalue weighted by Crippen LogP contribution is -2.55. The molecule has 3 aromatic carbocycles. The van der Waals surface area contributed by atoms with Crippen LogP contribution in [0.2, 0.25) is 0 Å². The second-order valence-corrected chi connectivity index (χ2v) is 8.89. The van der Waals surface area contributed by atoms with Crippen molar-refractivity contribution in [2.24, 2.45) is 5.10 Å². The lowest BCUT2D eigenvalue weighted by molar-refractivity contribution is -0.142. The van der Waals surface area contributed by atoms with E-state index in [1.54, 1.807) is 0 Å². The number of rotatable bonds is 2. The average molecular weight is 413 g/mol. The predicted octanol–water partition coefficient (Wildman–Crippen LogP) is 6.42. The highest BCUT2D eigenvalue weighted by Gasteiger charge is 2.51. The maximum absolute atomic E-state index is 13.5. The molecular weight excluding hydrogens is 387 g/mol. The Hall–Kier alpha value is -3.14. The number of benzene rings is 3. The van der Waals surface area contributed by atoms with Crippen LogP contribution in [0, 0.1) is 5.82 Å². The zero-order valence-electron chi connectivity index (χ0n) is 17.4. The van der Waals surface area contributed by atoms with Gasteiger partial charge in [0.15, 0.2) is 5.72 Å². The zero-order chi connectivity index (χ0) is 20.8. The van der Waals surface area contributed by atoms with Gasteiger partial charge >= 0.3 is 0 Å². The molecule has 1 aliphatic carbocycles. The van der Waals surface area contributed by atoms with Gasteiger partial charge in [0, 0.05) is 24.8 Å². The molecule has 1 spiro atoms. The lowest BCUT2D eigenvalue weighted by atomic mass is 9.78. The summed E-state index contributed by atoms with van der Waals surface area (Å²) in [5, 5.41) is 7.32. The van der Waals surface area contributed by atoms with E-state index < -0.39 is 5.72 Å². The smallest absolute Gasteiger partial charge is 0.198 e. The molecule has 1 unspecified atom stereocenters. The Labute approximate surface area is 182 Å². The lowest BCUT2D eigenvalue weighted by Gasteiger charge is -2.50. The molecule has 2 heterocycles. The van der Waals surface area contributed by atoms with Crippen molar-refractivity contribution in [3.63, 3.8) is 0 Å².